The number of hydrogen-bond donors (Lipinski definition) is 0. The number of pyridine rings is 1. The molecule has 0 saturated heterocycles. The second-order valence-corrected chi connectivity index (χ2v) is 12.1. The number of hydrogen-bond acceptors (Lipinski definition) is 1. The van der Waals surface area contributed by atoms with Crippen LogP contribution in [0.5, 0.6) is 0 Å². The van der Waals surface area contributed by atoms with Crippen LogP contribution in [0.4, 0.5) is 0 Å². The van der Waals surface area contributed by atoms with Gasteiger partial charge in [-0.25, -0.2) is 0 Å². The van der Waals surface area contributed by atoms with Crippen LogP contribution in [0.15, 0.2) is 169 Å². The Balaban J connectivity index is 1.49. The van der Waals surface area contributed by atoms with E-state index in [0.717, 1.165) is 77.0 Å². The highest BCUT2D eigenvalue weighted by molar-refractivity contribution is 6.29. The molecule has 0 fully saturated rings. The number of nitrogens with zero attached hydrogens (tertiary/aromatic N) is 3. The van der Waals surface area contributed by atoms with Crippen molar-refractivity contribution in [1.29, 1.82) is 0 Å². The lowest BCUT2D eigenvalue weighted by atomic mass is 9.98. The maximum atomic E-state index is 14.8. The number of fused-ring (bicyclic) bond motifs is 10. The van der Waals surface area contributed by atoms with E-state index in [-0.39, 0.29) is 5.56 Å². The molecule has 7 aromatic carbocycles. The summed E-state index contributed by atoms with van der Waals surface area (Å²) in [5.74, 6) is 0. The Morgan fingerprint density at radius 3 is 1.36 bits per heavy atom. The Bertz CT molecular complexity index is 2900. The minimum Gasteiger partial charge on any atom is -0.309 e. The van der Waals surface area contributed by atoms with Gasteiger partial charge >= 0.3 is 0 Å². The van der Waals surface area contributed by atoms with Gasteiger partial charge < -0.3 is 9.13 Å². The van der Waals surface area contributed by atoms with Gasteiger partial charge in [-0.3, -0.25) is 9.36 Å². The first-order valence-corrected chi connectivity index (χ1v) is 15.9. The molecule has 3 heterocycles. The van der Waals surface area contributed by atoms with Gasteiger partial charge in [-0.15, -0.1) is 0 Å². The van der Waals surface area contributed by atoms with Gasteiger partial charge in [0.25, 0.3) is 5.56 Å². The molecule has 4 heteroatoms. The average molecular weight is 602 g/mol. The SMILES string of the molecule is O=c1c2cc3c4ccccc4n(-c4ccccc4)c3cc2c2c3c4ccccc4n(-c4ccccc4)c3ccc2n1-c1ccccc1. The van der Waals surface area contributed by atoms with Crippen molar-refractivity contribution in [3.8, 4) is 17.1 Å². The highest BCUT2D eigenvalue weighted by atomic mass is 16.1. The monoisotopic (exact) mass is 601 g/mol. The molecular formula is C43H27N3O. The first kappa shape index (κ1) is 25.9. The van der Waals surface area contributed by atoms with Gasteiger partial charge in [-0.05, 0) is 78.2 Å². The molecule has 0 unspecified atom stereocenters. The summed E-state index contributed by atoms with van der Waals surface area (Å²) in [6.45, 7) is 0. The Morgan fingerprint density at radius 2 is 0.745 bits per heavy atom. The lowest BCUT2D eigenvalue weighted by Gasteiger charge is -2.16. The zero-order valence-electron chi connectivity index (χ0n) is 25.3. The molecule has 10 rings (SSSR count). The number of benzene rings is 7. The lowest BCUT2D eigenvalue weighted by molar-refractivity contribution is 1.06. The average Bonchev–Trinajstić information content (AvgIpc) is 3.65. The van der Waals surface area contributed by atoms with Crippen LogP contribution in [0.2, 0.25) is 0 Å². The van der Waals surface area contributed by atoms with Gasteiger partial charge in [-0.1, -0.05) is 91.0 Å². The third-order valence-electron chi connectivity index (χ3n) is 9.62. The largest absolute Gasteiger partial charge is 0.309 e. The first-order valence-electron chi connectivity index (χ1n) is 15.9. The van der Waals surface area contributed by atoms with Crippen LogP contribution in [0.25, 0.3) is 82.3 Å². The predicted molar refractivity (Wildman–Crippen MR) is 196 cm³/mol. The highest BCUT2D eigenvalue weighted by Crippen LogP contribution is 2.42. The molecule has 0 saturated carbocycles. The molecule has 0 aliphatic carbocycles. The summed E-state index contributed by atoms with van der Waals surface area (Å²) in [7, 11) is 0. The Hall–Kier alpha value is -6.39. The zero-order valence-corrected chi connectivity index (χ0v) is 25.3. The van der Waals surface area contributed by atoms with Crippen molar-refractivity contribution < 1.29 is 0 Å². The van der Waals surface area contributed by atoms with Gasteiger partial charge in [0.1, 0.15) is 0 Å². The van der Waals surface area contributed by atoms with Crippen molar-refractivity contribution >= 4 is 65.3 Å². The molecular weight excluding hydrogens is 574 g/mol. The van der Waals surface area contributed by atoms with Crippen LogP contribution in [0.1, 0.15) is 0 Å². The maximum absolute atomic E-state index is 14.8. The topological polar surface area (TPSA) is 31.9 Å². The normalized spacial score (nSPS) is 11.9. The molecule has 0 atom stereocenters. The van der Waals surface area contributed by atoms with Crippen LogP contribution in [-0.4, -0.2) is 13.7 Å². The molecule has 10 aromatic rings. The molecule has 0 aliphatic rings. The van der Waals surface area contributed by atoms with Crippen molar-refractivity contribution in [1.82, 2.24) is 13.7 Å². The Labute approximate surface area is 269 Å². The second-order valence-electron chi connectivity index (χ2n) is 12.1. The molecule has 3 aromatic heterocycles. The number of aromatic nitrogens is 3. The van der Waals surface area contributed by atoms with E-state index in [1.54, 1.807) is 0 Å². The molecule has 0 amide bonds. The van der Waals surface area contributed by atoms with Crippen LogP contribution in [0, 0.1) is 0 Å². The second kappa shape index (κ2) is 9.80. The fourth-order valence-electron chi connectivity index (χ4n) is 7.68. The highest BCUT2D eigenvalue weighted by Gasteiger charge is 2.22. The fourth-order valence-corrected chi connectivity index (χ4v) is 7.68. The van der Waals surface area contributed by atoms with Crippen LogP contribution in [-0.2, 0) is 0 Å². The van der Waals surface area contributed by atoms with Crippen molar-refractivity contribution in [3.63, 3.8) is 0 Å². The van der Waals surface area contributed by atoms with Gasteiger partial charge in [0.15, 0.2) is 0 Å². The minimum atomic E-state index is -0.0247. The predicted octanol–water partition coefficient (Wildman–Crippen LogP) is 10.3. The number of rotatable bonds is 3. The van der Waals surface area contributed by atoms with Gasteiger partial charge in [0.05, 0.1) is 27.6 Å². The summed E-state index contributed by atoms with van der Waals surface area (Å²) < 4.78 is 6.56. The van der Waals surface area contributed by atoms with Gasteiger partial charge in [0, 0.05) is 49.4 Å². The maximum Gasteiger partial charge on any atom is 0.263 e. The molecule has 0 spiro atoms. The Kier molecular flexibility index (Phi) is 5.40. The summed E-state index contributed by atoms with van der Waals surface area (Å²) in [6.07, 6.45) is 0. The van der Waals surface area contributed by atoms with E-state index in [0.29, 0.717) is 5.39 Å². The smallest absolute Gasteiger partial charge is 0.263 e. The van der Waals surface area contributed by atoms with E-state index in [1.165, 1.54) is 0 Å². The summed E-state index contributed by atoms with van der Waals surface area (Å²) in [6, 6.07) is 56.8. The minimum absolute atomic E-state index is 0.0247. The molecule has 4 nitrogen and oxygen atoms in total. The zero-order chi connectivity index (χ0) is 31.1. The van der Waals surface area contributed by atoms with Crippen molar-refractivity contribution in [3.05, 3.63) is 174 Å². The van der Waals surface area contributed by atoms with Gasteiger partial charge in [-0.2, -0.15) is 0 Å². The van der Waals surface area contributed by atoms with E-state index in [9.17, 15) is 4.79 Å². The fraction of sp³-hybridized carbons (Fsp3) is 0. The van der Waals surface area contributed by atoms with Crippen LogP contribution in [0.3, 0.4) is 0 Å². The lowest BCUT2D eigenvalue weighted by Crippen LogP contribution is -2.19. The molecule has 0 N–H and O–H groups in total. The van der Waals surface area contributed by atoms with E-state index in [2.05, 4.69) is 137 Å². The first-order chi connectivity index (χ1) is 23.3. The van der Waals surface area contributed by atoms with Gasteiger partial charge in [0.2, 0.25) is 0 Å². The third kappa shape index (κ3) is 3.61. The summed E-state index contributed by atoms with van der Waals surface area (Å²) in [4.78, 5) is 14.8. The third-order valence-corrected chi connectivity index (χ3v) is 9.62. The van der Waals surface area contributed by atoms with E-state index in [1.807, 2.05) is 41.0 Å². The van der Waals surface area contributed by atoms with Crippen LogP contribution >= 0.6 is 0 Å². The van der Waals surface area contributed by atoms with Crippen LogP contribution < -0.4 is 5.56 Å². The standard InChI is InChI=1S/C43H27N3O/c47-43-35-26-33-31-20-10-12-22-36(31)45(29-16-6-2-7-17-29)40(33)27-34(35)42-39(46(43)30-18-8-3-9-19-30)25-24-38-41(42)32-21-11-13-23-37(32)44(38)28-14-4-1-5-15-28/h1-27H. The molecule has 220 valence electrons. The van der Waals surface area contributed by atoms with E-state index in [4.69, 9.17) is 0 Å². The quantitative estimate of drug-likeness (QED) is 0.185. The Morgan fingerprint density at radius 1 is 0.298 bits per heavy atom. The molecule has 0 aliphatic heterocycles. The number of para-hydroxylation sites is 5. The molecule has 47 heavy (non-hydrogen) atoms. The summed E-state index contributed by atoms with van der Waals surface area (Å²) in [5, 5.41) is 7.20. The van der Waals surface area contributed by atoms with E-state index >= 15 is 0 Å². The molecule has 0 radical (unpaired) electrons. The summed E-state index contributed by atoms with van der Waals surface area (Å²) >= 11 is 0. The molecule has 0 bridgehead atoms. The summed E-state index contributed by atoms with van der Waals surface area (Å²) in [5.41, 5.74) is 8.33. The van der Waals surface area contributed by atoms with Crippen molar-refractivity contribution in [2.75, 3.05) is 0 Å². The van der Waals surface area contributed by atoms with Crippen molar-refractivity contribution in [2.24, 2.45) is 0 Å². The van der Waals surface area contributed by atoms with Crippen molar-refractivity contribution in [2.45, 2.75) is 0 Å². The van der Waals surface area contributed by atoms with E-state index < -0.39 is 0 Å².